The van der Waals surface area contributed by atoms with Crippen LogP contribution in [0, 0.1) is 29.1 Å². The van der Waals surface area contributed by atoms with Gasteiger partial charge in [0.05, 0.1) is 12.2 Å². The Balaban J connectivity index is 1.43. The number of rotatable bonds is 3. The van der Waals surface area contributed by atoms with Crippen molar-refractivity contribution < 1.29 is 4.74 Å². The molecule has 0 amide bonds. The zero-order valence-electron chi connectivity index (χ0n) is 12.7. The molecule has 0 aromatic heterocycles. The summed E-state index contributed by atoms with van der Waals surface area (Å²) in [5.41, 5.74) is 0.481. The summed E-state index contributed by atoms with van der Waals surface area (Å²) in [5, 5.41) is 0. The summed E-state index contributed by atoms with van der Waals surface area (Å²) in [6.45, 7) is 4.93. The van der Waals surface area contributed by atoms with Gasteiger partial charge in [0.2, 0.25) is 0 Å². The predicted octanol–water partition coefficient (Wildman–Crippen LogP) is 4.80. The second-order valence-electron chi connectivity index (χ2n) is 8.41. The van der Waals surface area contributed by atoms with Crippen molar-refractivity contribution in [2.75, 3.05) is 0 Å². The van der Waals surface area contributed by atoms with Gasteiger partial charge in [0.1, 0.15) is 0 Å². The normalized spacial score (nSPS) is 53.7. The fraction of sp³-hybridized carbons (Fsp3) is 1.00. The maximum absolute atomic E-state index is 6.64. The fourth-order valence-electron chi connectivity index (χ4n) is 5.96. The Morgan fingerprint density at radius 3 is 2.53 bits per heavy atom. The molecule has 7 unspecified atom stereocenters. The van der Waals surface area contributed by atoms with E-state index < -0.39 is 0 Å². The average molecular weight is 262 g/mol. The molecule has 4 fully saturated rings. The average Bonchev–Trinajstić information content (AvgIpc) is 3.10. The smallest absolute Gasteiger partial charge is 0.0609 e. The summed E-state index contributed by atoms with van der Waals surface area (Å²) in [6.07, 6.45) is 14.3. The van der Waals surface area contributed by atoms with Gasteiger partial charge in [-0.3, -0.25) is 0 Å². The molecule has 1 nitrogen and oxygen atoms in total. The molecule has 0 aromatic carbocycles. The quantitative estimate of drug-likeness (QED) is 0.710. The van der Waals surface area contributed by atoms with Crippen LogP contribution in [0.3, 0.4) is 0 Å². The highest BCUT2D eigenvalue weighted by atomic mass is 16.5. The Kier molecular flexibility index (Phi) is 2.99. The lowest BCUT2D eigenvalue weighted by atomic mass is 9.65. The molecule has 0 N–H and O–H groups in total. The van der Waals surface area contributed by atoms with Gasteiger partial charge in [0, 0.05) is 0 Å². The summed E-state index contributed by atoms with van der Waals surface area (Å²) in [6, 6.07) is 0. The minimum Gasteiger partial charge on any atom is -0.374 e. The summed E-state index contributed by atoms with van der Waals surface area (Å²) in [7, 11) is 0. The molecular weight excluding hydrogens is 232 g/mol. The molecule has 0 aliphatic heterocycles. The first-order valence-corrected chi connectivity index (χ1v) is 8.80. The second kappa shape index (κ2) is 4.48. The van der Waals surface area contributed by atoms with Gasteiger partial charge in [0.15, 0.2) is 0 Å². The van der Waals surface area contributed by atoms with Gasteiger partial charge < -0.3 is 4.74 Å². The first kappa shape index (κ1) is 12.7. The molecule has 19 heavy (non-hydrogen) atoms. The first-order valence-electron chi connectivity index (χ1n) is 8.80. The van der Waals surface area contributed by atoms with Crippen LogP contribution in [-0.4, -0.2) is 12.2 Å². The van der Waals surface area contributed by atoms with Crippen LogP contribution in [0.15, 0.2) is 0 Å². The topological polar surface area (TPSA) is 9.23 Å². The highest BCUT2D eigenvalue weighted by molar-refractivity contribution is 4.98. The number of hydrogen-bond donors (Lipinski definition) is 0. The van der Waals surface area contributed by atoms with Crippen molar-refractivity contribution in [3.05, 3.63) is 0 Å². The van der Waals surface area contributed by atoms with Crippen LogP contribution in [0.2, 0.25) is 0 Å². The van der Waals surface area contributed by atoms with E-state index in [0.29, 0.717) is 17.6 Å². The molecule has 4 saturated carbocycles. The van der Waals surface area contributed by atoms with E-state index in [9.17, 15) is 0 Å². The van der Waals surface area contributed by atoms with E-state index in [1.54, 1.807) is 0 Å². The van der Waals surface area contributed by atoms with Crippen LogP contribution < -0.4 is 0 Å². The van der Waals surface area contributed by atoms with Gasteiger partial charge in [-0.05, 0) is 87.4 Å². The maximum atomic E-state index is 6.64. The molecule has 0 saturated heterocycles. The summed E-state index contributed by atoms with van der Waals surface area (Å²) in [4.78, 5) is 0. The standard InChI is InChI=1S/C18H30O/c1-12(19-17-11-14-3-5-15(17)9-14)18(2)8-7-13-4-6-16(18)10-13/h12-17H,3-11H2,1-2H3. The van der Waals surface area contributed by atoms with E-state index in [0.717, 1.165) is 23.7 Å². The third kappa shape index (κ3) is 1.99. The van der Waals surface area contributed by atoms with Gasteiger partial charge in [-0.2, -0.15) is 0 Å². The van der Waals surface area contributed by atoms with Crippen LogP contribution in [0.1, 0.15) is 71.6 Å². The monoisotopic (exact) mass is 262 g/mol. The van der Waals surface area contributed by atoms with E-state index in [2.05, 4.69) is 13.8 Å². The van der Waals surface area contributed by atoms with E-state index in [4.69, 9.17) is 4.74 Å². The third-order valence-electron chi connectivity index (χ3n) is 7.55. The minimum atomic E-state index is 0.481. The third-order valence-corrected chi connectivity index (χ3v) is 7.55. The molecule has 4 aliphatic rings. The summed E-state index contributed by atoms with van der Waals surface area (Å²) < 4.78 is 6.64. The van der Waals surface area contributed by atoms with E-state index >= 15 is 0 Å². The lowest BCUT2D eigenvalue weighted by Gasteiger charge is -2.45. The molecule has 0 radical (unpaired) electrons. The van der Waals surface area contributed by atoms with Crippen LogP contribution in [0.4, 0.5) is 0 Å². The molecule has 4 rings (SSSR count). The van der Waals surface area contributed by atoms with Gasteiger partial charge in [-0.25, -0.2) is 0 Å². The van der Waals surface area contributed by atoms with Gasteiger partial charge in [-0.1, -0.05) is 13.3 Å². The van der Waals surface area contributed by atoms with Gasteiger partial charge in [0.25, 0.3) is 0 Å². The zero-order valence-corrected chi connectivity index (χ0v) is 12.7. The largest absolute Gasteiger partial charge is 0.374 e. The molecule has 0 heterocycles. The Morgan fingerprint density at radius 2 is 1.79 bits per heavy atom. The molecule has 0 aromatic rings. The molecule has 7 atom stereocenters. The van der Waals surface area contributed by atoms with Crippen molar-refractivity contribution in [2.24, 2.45) is 29.1 Å². The first-order chi connectivity index (χ1) is 9.15. The van der Waals surface area contributed by atoms with E-state index in [1.165, 1.54) is 57.8 Å². The van der Waals surface area contributed by atoms with Crippen molar-refractivity contribution in [1.82, 2.24) is 0 Å². The lowest BCUT2D eigenvalue weighted by Crippen LogP contribution is -2.43. The molecular formula is C18H30O. The van der Waals surface area contributed by atoms with Crippen molar-refractivity contribution in [1.29, 1.82) is 0 Å². The van der Waals surface area contributed by atoms with E-state index in [-0.39, 0.29) is 0 Å². The van der Waals surface area contributed by atoms with Crippen molar-refractivity contribution in [3.63, 3.8) is 0 Å². The van der Waals surface area contributed by atoms with Crippen molar-refractivity contribution in [3.8, 4) is 0 Å². The molecule has 4 aliphatic carbocycles. The Labute approximate surface area is 118 Å². The number of fused-ring (bicyclic) bond motifs is 4. The molecule has 1 heteroatoms. The highest BCUT2D eigenvalue weighted by Gasteiger charge is 2.49. The van der Waals surface area contributed by atoms with Crippen LogP contribution >= 0.6 is 0 Å². The zero-order chi connectivity index (χ0) is 13.0. The number of ether oxygens (including phenoxy) is 1. The summed E-state index contributed by atoms with van der Waals surface area (Å²) >= 11 is 0. The second-order valence-corrected chi connectivity index (χ2v) is 8.41. The van der Waals surface area contributed by atoms with Crippen LogP contribution in [-0.2, 0) is 4.74 Å². The summed E-state index contributed by atoms with van der Waals surface area (Å²) in [5.74, 6) is 3.95. The molecule has 0 spiro atoms. The maximum Gasteiger partial charge on any atom is 0.0609 e. The van der Waals surface area contributed by atoms with Crippen LogP contribution in [0.5, 0.6) is 0 Å². The minimum absolute atomic E-state index is 0.481. The Morgan fingerprint density at radius 1 is 0.947 bits per heavy atom. The molecule has 108 valence electrons. The van der Waals surface area contributed by atoms with Crippen molar-refractivity contribution >= 4 is 0 Å². The number of hydrogen-bond acceptors (Lipinski definition) is 1. The van der Waals surface area contributed by atoms with Gasteiger partial charge in [-0.15, -0.1) is 0 Å². The van der Waals surface area contributed by atoms with E-state index in [1.807, 2.05) is 0 Å². The Bertz CT molecular complexity index is 352. The highest BCUT2D eigenvalue weighted by Crippen LogP contribution is 2.55. The van der Waals surface area contributed by atoms with Gasteiger partial charge >= 0.3 is 0 Å². The predicted molar refractivity (Wildman–Crippen MR) is 78.0 cm³/mol. The SMILES string of the molecule is CC(OC1CC2CCC1C2)C1(C)CCC2CCC1C2. The van der Waals surface area contributed by atoms with Crippen LogP contribution in [0.25, 0.3) is 0 Å². The fourth-order valence-corrected chi connectivity index (χ4v) is 5.96. The molecule has 4 bridgehead atoms. The van der Waals surface area contributed by atoms with Crippen molar-refractivity contribution in [2.45, 2.75) is 83.8 Å². The Hall–Kier alpha value is -0.0400. The lowest BCUT2D eigenvalue weighted by molar-refractivity contribution is -0.114.